The van der Waals surface area contributed by atoms with E-state index < -0.39 is 22.6 Å². The standard InChI is InChI=1S/C15H12BrClO4S/c1-8-12(13(18)19)11(17)5-6-15(8,14(20)21)22-10-4-2-3-9(16)7-10/h2-8H,1H3,(H,18,19)(H,20,21). The minimum absolute atomic E-state index is 0.0618. The zero-order chi connectivity index (χ0) is 16.5. The van der Waals surface area contributed by atoms with E-state index in [2.05, 4.69) is 15.9 Å². The average Bonchev–Trinajstić information content (AvgIpc) is 2.41. The number of rotatable bonds is 4. The molecule has 0 aliphatic heterocycles. The Morgan fingerprint density at radius 1 is 1.36 bits per heavy atom. The van der Waals surface area contributed by atoms with Gasteiger partial charge in [-0.25, -0.2) is 4.79 Å². The number of hydrogen-bond donors (Lipinski definition) is 2. The summed E-state index contributed by atoms with van der Waals surface area (Å²) < 4.78 is -0.607. The van der Waals surface area contributed by atoms with E-state index in [1.165, 1.54) is 12.2 Å². The van der Waals surface area contributed by atoms with Gasteiger partial charge in [0.15, 0.2) is 0 Å². The first-order valence-corrected chi connectivity index (χ1v) is 8.27. The van der Waals surface area contributed by atoms with Crippen LogP contribution in [0.3, 0.4) is 0 Å². The largest absolute Gasteiger partial charge is 0.480 e. The molecule has 0 bridgehead atoms. The molecule has 0 saturated heterocycles. The van der Waals surface area contributed by atoms with Gasteiger partial charge in [0, 0.05) is 15.3 Å². The topological polar surface area (TPSA) is 74.6 Å². The van der Waals surface area contributed by atoms with E-state index in [4.69, 9.17) is 11.6 Å². The van der Waals surface area contributed by atoms with Crippen molar-refractivity contribution in [3.63, 3.8) is 0 Å². The van der Waals surface area contributed by atoms with Crippen LogP contribution in [0.15, 0.2) is 56.4 Å². The number of benzene rings is 1. The Labute approximate surface area is 145 Å². The van der Waals surface area contributed by atoms with Crippen LogP contribution in [-0.4, -0.2) is 26.9 Å². The molecule has 116 valence electrons. The molecule has 2 unspecified atom stereocenters. The lowest BCUT2D eigenvalue weighted by Crippen LogP contribution is -2.43. The van der Waals surface area contributed by atoms with E-state index in [1.54, 1.807) is 25.1 Å². The van der Waals surface area contributed by atoms with Crippen molar-refractivity contribution in [1.29, 1.82) is 0 Å². The first-order valence-electron chi connectivity index (χ1n) is 6.28. The highest BCUT2D eigenvalue weighted by Gasteiger charge is 2.48. The van der Waals surface area contributed by atoms with Crippen molar-refractivity contribution in [3.05, 3.63) is 51.5 Å². The first-order chi connectivity index (χ1) is 10.3. The summed E-state index contributed by atoms with van der Waals surface area (Å²) >= 11 is 10.4. The van der Waals surface area contributed by atoms with Gasteiger partial charge in [-0.15, -0.1) is 11.8 Å². The Morgan fingerprint density at radius 3 is 2.59 bits per heavy atom. The van der Waals surface area contributed by atoms with Crippen molar-refractivity contribution in [1.82, 2.24) is 0 Å². The molecule has 0 spiro atoms. The lowest BCUT2D eigenvalue weighted by molar-refractivity contribution is -0.139. The highest BCUT2D eigenvalue weighted by atomic mass is 79.9. The maximum Gasteiger partial charge on any atom is 0.333 e. The van der Waals surface area contributed by atoms with Gasteiger partial charge in [0.1, 0.15) is 4.75 Å². The lowest BCUT2D eigenvalue weighted by atomic mass is 9.82. The average molecular weight is 404 g/mol. The van der Waals surface area contributed by atoms with E-state index in [9.17, 15) is 19.8 Å². The van der Waals surface area contributed by atoms with Gasteiger partial charge in [-0.2, -0.15) is 0 Å². The number of hydrogen-bond acceptors (Lipinski definition) is 3. The monoisotopic (exact) mass is 402 g/mol. The highest BCUT2D eigenvalue weighted by molar-refractivity contribution is 9.10. The van der Waals surface area contributed by atoms with Crippen LogP contribution in [-0.2, 0) is 9.59 Å². The van der Waals surface area contributed by atoms with Crippen LogP contribution in [0.25, 0.3) is 0 Å². The summed E-state index contributed by atoms with van der Waals surface area (Å²) in [6.07, 6.45) is 2.81. The van der Waals surface area contributed by atoms with Crippen molar-refractivity contribution < 1.29 is 19.8 Å². The Bertz CT molecular complexity index is 701. The Balaban J connectivity index is 2.49. The third kappa shape index (κ3) is 3.09. The van der Waals surface area contributed by atoms with Crippen LogP contribution in [0, 0.1) is 5.92 Å². The summed E-state index contributed by atoms with van der Waals surface area (Å²) in [5.74, 6) is -3.10. The van der Waals surface area contributed by atoms with E-state index in [1.807, 2.05) is 6.07 Å². The Hall–Kier alpha value is -1.24. The molecular formula is C15H12BrClO4S. The minimum Gasteiger partial charge on any atom is -0.480 e. The molecule has 0 fully saturated rings. The van der Waals surface area contributed by atoms with Gasteiger partial charge in [-0.05, 0) is 24.3 Å². The molecule has 4 nitrogen and oxygen atoms in total. The van der Waals surface area contributed by atoms with Crippen LogP contribution in [0.2, 0.25) is 0 Å². The van der Waals surface area contributed by atoms with Gasteiger partial charge in [0.05, 0.1) is 10.6 Å². The van der Waals surface area contributed by atoms with Crippen molar-refractivity contribution in [2.24, 2.45) is 5.92 Å². The Kier molecular flexibility index (Phi) is 5.04. The van der Waals surface area contributed by atoms with Crippen molar-refractivity contribution >= 4 is 51.2 Å². The molecule has 22 heavy (non-hydrogen) atoms. The molecule has 0 radical (unpaired) electrons. The molecular weight excluding hydrogens is 392 g/mol. The molecule has 2 rings (SSSR count). The second-order valence-electron chi connectivity index (χ2n) is 4.78. The Morgan fingerprint density at radius 2 is 2.05 bits per heavy atom. The number of allylic oxidation sites excluding steroid dienone is 2. The number of carboxylic acid groups (broad SMARTS) is 2. The molecule has 7 heteroatoms. The molecule has 0 heterocycles. The van der Waals surface area contributed by atoms with Crippen LogP contribution in [0.5, 0.6) is 0 Å². The minimum atomic E-state index is -1.42. The molecule has 1 aliphatic rings. The van der Waals surface area contributed by atoms with Gasteiger partial charge in [-0.1, -0.05) is 46.6 Å². The summed E-state index contributed by atoms with van der Waals surface area (Å²) in [4.78, 5) is 24.0. The second-order valence-corrected chi connectivity index (χ2v) is 7.45. The van der Waals surface area contributed by atoms with Gasteiger partial charge in [-0.3, -0.25) is 4.79 Å². The summed E-state index contributed by atoms with van der Waals surface area (Å²) in [5.41, 5.74) is -0.0888. The highest BCUT2D eigenvalue weighted by Crippen LogP contribution is 2.47. The number of carbonyl (C=O) groups is 2. The quantitative estimate of drug-likeness (QED) is 0.790. The van der Waals surface area contributed by atoms with Crippen LogP contribution < -0.4 is 0 Å². The van der Waals surface area contributed by atoms with E-state index in [0.717, 1.165) is 21.1 Å². The van der Waals surface area contributed by atoms with E-state index in [-0.39, 0.29) is 10.6 Å². The molecule has 0 saturated carbocycles. The normalized spacial score (nSPS) is 24.4. The van der Waals surface area contributed by atoms with Crippen LogP contribution >= 0.6 is 39.3 Å². The van der Waals surface area contributed by atoms with Crippen molar-refractivity contribution in [2.75, 3.05) is 0 Å². The van der Waals surface area contributed by atoms with Crippen molar-refractivity contribution in [3.8, 4) is 0 Å². The number of thioether (sulfide) groups is 1. The SMILES string of the molecule is CC1C(C(=O)O)=C(Cl)C=CC1(Sc1cccc(Br)c1)C(=O)O. The smallest absolute Gasteiger partial charge is 0.333 e. The third-order valence-corrected chi connectivity index (χ3v) is 5.77. The number of halogens is 2. The molecule has 1 aromatic rings. The van der Waals surface area contributed by atoms with Gasteiger partial charge in [0.2, 0.25) is 0 Å². The fraction of sp³-hybridized carbons (Fsp3) is 0.200. The fourth-order valence-electron chi connectivity index (χ4n) is 2.29. The molecule has 1 aromatic carbocycles. The van der Waals surface area contributed by atoms with Crippen LogP contribution in [0.4, 0.5) is 0 Å². The third-order valence-electron chi connectivity index (χ3n) is 3.46. The molecule has 0 amide bonds. The zero-order valence-electron chi connectivity index (χ0n) is 11.4. The maximum atomic E-state index is 11.9. The molecule has 1 aliphatic carbocycles. The maximum absolute atomic E-state index is 11.9. The lowest BCUT2D eigenvalue weighted by Gasteiger charge is -2.35. The molecule has 2 atom stereocenters. The number of carboxylic acids is 2. The zero-order valence-corrected chi connectivity index (χ0v) is 14.6. The van der Waals surface area contributed by atoms with E-state index in [0.29, 0.717) is 0 Å². The van der Waals surface area contributed by atoms with Crippen molar-refractivity contribution in [2.45, 2.75) is 16.6 Å². The molecule has 0 aromatic heterocycles. The van der Waals surface area contributed by atoms with Crippen LogP contribution in [0.1, 0.15) is 6.92 Å². The summed E-state index contributed by atoms with van der Waals surface area (Å²) in [7, 11) is 0. The second kappa shape index (κ2) is 6.48. The first kappa shape index (κ1) is 17.1. The summed E-state index contributed by atoms with van der Waals surface area (Å²) in [6.45, 7) is 1.56. The van der Waals surface area contributed by atoms with E-state index >= 15 is 0 Å². The van der Waals surface area contributed by atoms with Gasteiger partial charge < -0.3 is 10.2 Å². The molecule has 2 N–H and O–H groups in total. The predicted molar refractivity (Wildman–Crippen MR) is 89.2 cm³/mol. The predicted octanol–water partition coefficient (Wildman–Crippen LogP) is 4.15. The van der Waals surface area contributed by atoms with Gasteiger partial charge in [0.25, 0.3) is 0 Å². The summed E-state index contributed by atoms with van der Waals surface area (Å²) in [6, 6.07) is 7.19. The number of aliphatic carboxylic acids is 2. The summed E-state index contributed by atoms with van der Waals surface area (Å²) in [5, 5.41) is 19.1. The fourth-order valence-corrected chi connectivity index (χ4v) is 4.39. The van der Waals surface area contributed by atoms with Gasteiger partial charge >= 0.3 is 11.9 Å².